The standard InChI is InChI=1S/C14H16Cl2N2O2.ClH/c15-9-4-8(5-10(16)13(9)19)18-14(20)11-6-1-2-7(3-6)12(11)17;/h4-7,11-12,19H,1-3,17H2,(H,18,20);1H. The van der Waals surface area contributed by atoms with E-state index < -0.39 is 0 Å². The topological polar surface area (TPSA) is 75.4 Å². The van der Waals surface area contributed by atoms with Gasteiger partial charge in [-0.1, -0.05) is 23.2 Å². The molecule has 0 radical (unpaired) electrons. The Hall–Kier alpha value is -0.680. The maximum atomic E-state index is 12.4. The van der Waals surface area contributed by atoms with Crippen LogP contribution in [0, 0.1) is 17.8 Å². The summed E-state index contributed by atoms with van der Waals surface area (Å²) < 4.78 is 0. The van der Waals surface area contributed by atoms with Gasteiger partial charge in [0.25, 0.3) is 0 Å². The number of carbonyl (C=O) groups is 1. The molecule has 2 saturated carbocycles. The number of hydrogen-bond donors (Lipinski definition) is 3. The number of nitrogens with one attached hydrogen (secondary N) is 1. The van der Waals surface area contributed by atoms with Crippen molar-refractivity contribution in [2.45, 2.75) is 25.3 Å². The van der Waals surface area contributed by atoms with Gasteiger partial charge < -0.3 is 16.2 Å². The molecule has 4 unspecified atom stereocenters. The average molecular weight is 352 g/mol. The number of phenols is 1. The normalized spacial score (nSPS) is 30.0. The highest BCUT2D eigenvalue weighted by Crippen LogP contribution is 2.48. The molecule has 3 rings (SSSR count). The molecule has 2 aliphatic rings. The van der Waals surface area contributed by atoms with E-state index >= 15 is 0 Å². The predicted molar refractivity (Wildman–Crippen MR) is 86.3 cm³/mol. The van der Waals surface area contributed by atoms with E-state index in [0.717, 1.165) is 19.3 Å². The summed E-state index contributed by atoms with van der Waals surface area (Å²) in [6.07, 6.45) is 3.26. The molecule has 0 heterocycles. The number of rotatable bonds is 2. The lowest BCUT2D eigenvalue weighted by Crippen LogP contribution is -2.42. The van der Waals surface area contributed by atoms with Gasteiger partial charge in [0.05, 0.1) is 16.0 Å². The van der Waals surface area contributed by atoms with E-state index in [9.17, 15) is 9.90 Å². The van der Waals surface area contributed by atoms with Gasteiger partial charge in [0.15, 0.2) is 5.75 Å². The molecule has 1 aromatic rings. The third-order valence-corrected chi connectivity index (χ3v) is 5.14. The Bertz CT molecular complexity index is 542. The molecule has 116 valence electrons. The molecule has 1 amide bonds. The van der Waals surface area contributed by atoms with Gasteiger partial charge in [-0.3, -0.25) is 4.79 Å². The number of amides is 1. The zero-order chi connectivity index (χ0) is 14.4. The molecule has 7 heteroatoms. The van der Waals surface area contributed by atoms with E-state index in [2.05, 4.69) is 5.32 Å². The number of benzene rings is 1. The number of carbonyl (C=O) groups excluding carboxylic acids is 1. The Morgan fingerprint density at radius 2 is 1.81 bits per heavy atom. The molecule has 0 aromatic heterocycles. The minimum absolute atomic E-state index is 0. The van der Waals surface area contributed by atoms with E-state index in [1.54, 1.807) is 0 Å². The van der Waals surface area contributed by atoms with Gasteiger partial charge in [0.1, 0.15) is 0 Å². The highest BCUT2D eigenvalue weighted by atomic mass is 35.5. The lowest BCUT2D eigenvalue weighted by atomic mass is 9.84. The van der Waals surface area contributed by atoms with Gasteiger partial charge in [-0.25, -0.2) is 0 Å². The van der Waals surface area contributed by atoms with Crippen LogP contribution in [0.2, 0.25) is 10.0 Å². The summed E-state index contributed by atoms with van der Waals surface area (Å²) in [5.41, 5.74) is 6.63. The average Bonchev–Trinajstić information content (AvgIpc) is 2.96. The molecule has 2 bridgehead atoms. The Kier molecular flexibility index (Phi) is 4.93. The second kappa shape index (κ2) is 6.21. The van der Waals surface area contributed by atoms with Crippen LogP contribution in [-0.2, 0) is 4.79 Å². The Morgan fingerprint density at radius 3 is 2.33 bits per heavy atom. The van der Waals surface area contributed by atoms with Crippen molar-refractivity contribution in [3.63, 3.8) is 0 Å². The molecule has 0 aliphatic heterocycles. The molecule has 4 N–H and O–H groups in total. The molecular weight excluding hydrogens is 335 g/mol. The van der Waals surface area contributed by atoms with Crippen LogP contribution in [0.25, 0.3) is 0 Å². The van der Waals surface area contributed by atoms with Crippen molar-refractivity contribution in [2.75, 3.05) is 5.32 Å². The molecule has 4 atom stereocenters. The van der Waals surface area contributed by atoms with Gasteiger partial charge in [-0.15, -0.1) is 12.4 Å². The molecule has 1 aromatic carbocycles. The first kappa shape index (κ1) is 16.7. The third kappa shape index (κ3) is 2.95. The van der Waals surface area contributed by atoms with Crippen LogP contribution in [0.4, 0.5) is 5.69 Å². The van der Waals surface area contributed by atoms with Crippen LogP contribution in [0.15, 0.2) is 12.1 Å². The minimum atomic E-state index is -0.178. The van der Waals surface area contributed by atoms with Crippen LogP contribution in [0.1, 0.15) is 19.3 Å². The molecule has 0 saturated heterocycles. The van der Waals surface area contributed by atoms with Crippen molar-refractivity contribution >= 4 is 47.2 Å². The van der Waals surface area contributed by atoms with Crippen molar-refractivity contribution < 1.29 is 9.90 Å². The second-order valence-corrected chi connectivity index (χ2v) is 6.53. The maximum absolute atomic E-state index is 12.4. The van der Waals surface area contributed by atoms with Gasteiger partial charge >= 0.3 is 0 Å². The van der Waals surface area contributed by atoms with Crippen molar-refractivity contribution in [1.29, 1.82) is 0 Å². The summed E-state index contributed by atoms with van der Waals surface area (Å²) >= 11 is 11.7. The summed E-state index contributed by atoms with van der Waals surface area (Å²) in [4.78, 5) is 12.4. The fourth-order valence-corrected chi connectivity index (χ4v) is 4.08. The number of phenolic OH excluding ortho intramolecular Hbond substituents is 1. The fourth-order valence-electron chi connectivity index (χ4n) is 3.59. The summed E-state index contributed by atoms with van der Waals surface area (Å²) in [7, 11) is 0. The minimum Gasteiger partial charge on any atom is -0.505 e. The van der Waals surface area contributed by atoms with Crippen molar-refractivity contribution in [3.05, 3.63) is 22.2 Å². The predicted octanol–water partition coefficient (Wildman–Crippen LogP) is 3.43. The van der Waals surface area contributed by atoms with E-state index in [1.165, 1.54) is 12.1 Å². The number of aromatic hydroxyl groups is 1. The largest absolute Gasteiger partial charge is 0.505 e. The first-order valence-electron chi connectivity index (χ1n) is 6.72. The molecule has 4 nitrogen and oxygen atoms in total. The Morgan fingerprint density at radius 1 is 1.24 bits per heavy atom. The zero-order valence-electron chi connectivity index (χ0n) is 11.2. The second-order valence-electron chi connectivity index (χ2n) is 5.71. The molecule has 2 aliphatic carbocycles. The third-order valence-electron chi connectivity index (χ3n) is 4.57. The number of anilines is 1. The lowest BCUT2D eigenvalue weighted by Gasteiger charge is -2.27. The summed E-state index contributed by atoms with van der Waals surface area (Å²) in [6.45, 7) is 0. The molecule has 0 spiro atoms. The summed E-state index contributed by atoms with van der Waals surface area (Å²) in [5, 5.41) is 12.5. The van der Waals surface area contributed by atoms with E-state index in [1.807, 2.05) is 0 Å². The van der Waals surface area contributed by atoms with Gasteiger partial charge in [0, 0.05) is 11.7 Å². The smallest absolute Gasteiger partial charge is 0.229 e. The van der Waals surface area contributed by atoms with Crippen molar-refractivity contribution in [1.82, 2.24) is 0 Å². The highest BCUT2D eigenvalue weighted by molar-refractivity contribution is 6.37. The van der Waals surface area contributed by atoms with Crippen LogP contribution in [0.3, 0.4) is 0 Å². The maximum Gasteiger partial charge on any atom is 0.229 e. The summed E-state index contributed by atoms with van der Waals surface area (Å²) in [5.74, 6) is 0.464. The number of halogens is 3. The Labute approximate surface area is 139 Å². The summed E-state index contributed by atoms with van der Waals surface area (Å²) in [6, 6.07) is 2.91. The molecular formula is C14H17Cl3N2O2. The monoisotopic (exact) mass is 350 g/mol. The van der Waals surface area contributed by atoms with E-state index in [4.69, 9.17) is 28.9 Å². The molecule has 21 heavy (non-hydrogen) atoms. The van der Waals surface area contributed by atoms with Crippen LogP contribution in [-0.4, -0.2) is 17.1 Å². The number of nitrogens with two attached hydrogens (primary N) is 1. The van der Waals surface area contributed by atoms with E-state index in [-0.39, 0.29) is 46.1 Å². The zero-order valence-corrected chi connectivity index (χ0v) is 13.5. The van der Waals surface area contributed by atoms with Crippen molar-refractivity contribution in [3.8, 4) is 5.75 Å². The van der Waals surface area contributed by atoms with Crippen LogP contribution < -0.4 is 11.1 Å². The number of hydrogen-bond acceptors (Lipinski definition) is 3. The first-order chi connectivity index (χ1) is 9.47. The highest BCUT2D eigenvalue weighted by Gasteiger charge is 2.49. The first-order valence-corrected chi connectivity index (χ1v) is 7.47. The number of fused-ring (bicyclic) bond motifs is 2. The van der Waals surface area contributed by atoms with Gasteiger partial charge in [-0.05, 0) is 43.2 Å². The lowest BCUT2D eigenvalue weighted by molar-refractivity contribution is -0.121. The van der Waals surface area contributed by atoms with Crippen LogP contribution >= 0.6 is 35.6 Å². The SMILES string of the molecule is Cl.NC1C2CCC(C2)C1C(=O)Nc1cc(Cl)c(O)c(Cl)c1. The van der Waals surface area contributed by atoms with Gasteiger partial charge in [-0.2, -0.15) is 0 Å². The van der Waals surface area contributed by atoms with Crippen LogP contribution in [0.5, 0.6) is 5.75 Å². The quantitative estimate of drug-likeness (QED) is 0.715. The Balaban J connectivity index is 0.00000161. The molecule has 2 fully saturated rings. The van der Waals surface area contributed by atoms with Gasteiger partial charge in [0.2, 0.25) is 5.91 Å². The van der Waals surface area contributed by atoms with Crippen molar-refractivity contribution in [2.24, 2.45) is 23.5 Å². The fraction of sp³-hybridized carbons (Fsp3) is 0.500. The van der Waals surface area contributed by atoms with E-state index in [0.29, 0.717) is 17.5 Å².